The van der Waals surface area contributed by atoms with E-state index < -0.39 is 0 Å². The molecule has 1 N–H and O–H groups in total. The fourth-order valence-corrected chi connectivity index (χ4v) is 4.32. The summed E-state index contributed by atoms with van der Waals surface area (Å²) in [6.07, 6.45) is 0. The largest absolute Gasteiger partial charge is 0.314 e. The molecule has 0 saturated carbocycles. The molecule has 1 aliphatic heterocycles. The lowest BCUT2D eigenvalue weighted by Crippen LogP contribution is -2.45. The number of hydrogen-bond acceptors (Lipinski definition) is 3. The average molecular weight is 407 g/mol. The molecule has 1 atom stereocenters. The molecule has 1 saturated heterocycles. The molecule has 0 bridgehead atoms. The Hall–Kier alpha value is -1.36. The van der Waals surface area contributed by atoms with Gasteiger partial charge < -0.3 is 5.32 Å². The third kappa shape index (κ3) is 4.67. The fourth-order valence-electron chi connectivity index (χ4n) is 3.43. The van der Waals surface area contributed by atoms with Crippen LogP contribution in [0, 0.1) is 0 Å². The molecule has 0 spiro atoms. The Morgan fingerprint density at radius 2 is 1.42 bits per heavy atom. The standard InChI is InChI=1S/C21H22N2S.2ClH/c1-2-5-17(6-3-1)18-8-10-19(11-9-18)21(20-7-4-16-24-20)23-14-12-22-13-15-23;;/h1-11,16,21-22H,12-15H2;2*1H/t21-;;/m0../s1. The molecule has 0 amide bonds. The van der Waals surface area contributed by atoms with E-state index in [-0.39, 0.29) is 24.8 Å². The molecular formula is C21H24Cl2N2S. The van der Waals surface area contributed by atoms with Gasteiger partial charge in [-0.1, -0.05) is 60.7 Å². The molecule has 2 heterocycles. The average Bonchev–Trinajstić information content (AvgIpc) is 3.18. The zero-order valence-electron chi connectivity index (χ0n) is 14.5. The van der Waals surface area contributed by atoms with Gasteiger partial charge in [-0.05, 0) is 28.1 Å². The molecule has 1 aromatic heterocycles. The van der Waals surface area contributed by atoms with Gasteiger partial charge in [0.1, 0.15) is 0 Å². The van der Waals surface area contributed by atoms with Gasteiger partial charge in [0.15, 0.2) is 0 Å². The van der Waals surface area contributed by atoms with Gasteiger partial charge in [-0.3, -0.25) is 4.90 Å². The lowest BCUT2D eigenvalue weighted by molar-refractivity contribution is 0.200. The summed E-state index contributed by atoms with van der Waals surface area (Å²) in [7, 11) is 0. The van der Waals surface area contributed by atoms with Crippen LogP contribution in [0.3, 0.4) is 0 Å². The van der Waals surface area contributed by atoms with E-state index in [9.17, 15) is 0 Å². The number of rotatable bonds is 4. The molecule has 0 unspecified atom stereocenters. The minimum absolute atomic E-state index is 0. The van der Waals surface area contributed by atoms with Crippen LogP contribution >= 0.6 is 36.2 Å². The smallest absolute Gasteiger partial charge is 0.0696 e. The second kappa shape index (κ2) is 10.1. The summed E-state index contributed by atoms with van der Waals surface area (Å²) >= 11 is 1.86. The Morgan fingerprint density at radius 3 is 2.04 bits per heavy atom. The van der Waals surface area contributed by atoms with Crippen molar-refractivity contribution in [2.45, 2.75) is 6.04 Å². The first-order chi connectivity index (χ1) is 11.9. The number of piperazine rings is 1. The molecular weight excluding hydrogens is 383 g/mol. The normalized spacial score (nSPS) is 15.5. The summed E-state index contributed by atoms with van der Waals surface area (Å²) < 4.78 is 0. The van der Waals surface area contributed by atoms with Gasteiger partial charge in [0.05, 0.1) is 6.04 Å². The molecule has 5 heteroatoms. The minimum Gasteiger partial charge on any atom is -0.314 e. The molecule has 4 rings (SSSR count). The van der Waals surface area contributed by atoms with Crippen LogP contribution in [0.2, 0.25) is 0 Å². The summed E-state index contributed by atoms with van der Waals surface area (Å²) in [4.78, 5) is 4.03. The van der Waals surface area contributed by atoms with Crippen molar-refractivity contribution in [2.24, 2.45) is 0 Å². The van der Waals surface area contributed by atoms with Crippen LogP contribution in [-0.4, -0.2) is 31.1 Å². The number of nitrogens with one attached hydrogen (secondary N) is 1. The quantitative estimate of drug-likeness (QED) is 0.635. The van der Waals surface area contributed by atoms with Crippen LogP contribution in [-0.2, 0) is 0 Å². The van der Waals surface area contributed by atoms with Crippen molar-refractivity contribution < 1.29 is 0 Å². The Labute approximate surface area is 172 Å². The van der Waals surface area contributed by atoms with Crippen LogP contribution in [0.5, 0.6) is 0 Å². The summed E-state index contributed by atoms with van der Waals surface area (Å²) in [5.41, 5.74) is 3.95. The summed E-state index contributed by atoms with van der Waals surface area (Å²) in [6, 6.07) is 24.5. The Balaban J connectivity index is 0.00000121. The van der Waals surface area contributed by atoms with Crippen molar-refractivity contribution in [1.29, 1.82) is 0 Å². The molecule has 2 nitrogen and oxygen atoms in total. The third-order valence-electron chi connectivity index (χ3n) is 4.66. The predicted molar refractivity (Wildman–Crippen MR) is 117 cm³/mol. The summed E-state index contributed by atoms with van der Waals surface area (Å²) in [6.45, 7) is 4.35. The maximum Gasteiger partial charge on any atom is 0.0696 e. The van der Waals surface area contributed by atoms with E-state index >= 15 is 0 Å². The molecule has 2 aromatic carbocycles. The molecule has 1 aliphatic rings. The second-order valence-corrected chi connectivity index (χ2v) is 7.17. The van der Waals surface area contributed by atoms with Gasteiger partial charge in [-0.2, -0.15) is 0 Å². The van der Waals surface area contributed by atoms with E-state index in [0.717, 1.165) is 26.2 Å². The molecule has 26 heavy (non-hydrogen) atoms. The first-order valence-corrected chi connectivity index (χ1v) is 9.43. The number of halogens is 2. The molecule has 3 aromatic rings. The van der Waals surface area contributed by atoms with Crippen molar-refractivity contribution in [3.8, 4) is 11.1 Å². The number of benzene rings is 2. The minimum atomic E-state index is 0. The monoisotopic (exact) mass is 406 g/mol. The molecule has 138 valence electrons. The van der Waals surface area contributed by atoms with Crippen LogP contribution < -0.4 is 5.32 Å². The molecule has 0 radical (unpaired) electrons. The highest BCUT2D eigenvalue weighted by Crippen LogP contribution is 2.33. The van der Waals surface area contributed by atoms with E-state index in [0.29, 0.717) is 6.04 Å². The van der Waals surface area contributed by atoms with Gasteiger partial charge in [0.2, 0.25) is 0 Å². The topological polar surface area (TPSA) is 15.3 Å². The lowest BCUT2D eigenvalue weighted by Gasteiger charge is -2.34. The van der Waals surface area contributed by atoms with E-state index in [1.54, 1.807) is 0 Å². The van der Waals surface area contributed by atoms with Crippen molar-refractivity contribution in [3.05, 3.63) is 82.6 Å². The maximum absolute atomic E-state index is 3.46. The fraction of sp³-hybridized carbons (Fsp3) is 0.238. The number of nitrogens with zero attached hydrogens (tertiary/aromatic N) is 1. The molecule has 0 aliphatic carbocycles. The van der Waals surface area contributed by atoms with E-state index in [4.69, 9.17) is 0 Å². The van der Waals surface area contributed by atoms with Crippen molar-refractivity contribution in [3.63, 3.8) is 0 Å². The van der Waals surface area contributed by atoms with Crippen molar-refractivity contribution >= 4 is 36.2 Å². The van der Waals surface area contributed by atoms with Crippen LogP contribution in [0.4, 0.5) is 0 Å². The zero-order chi connectivity index (χ0) is 16.2. The van der Waals surface area contributed by atoms with Gasteiger partial charge in [0.25, 0.3) is 0 Å². The van der Waals surface area contributed by atoms with Crippen molar-refractivity contribution in [1.82, 2.24) is 10.2 Å². The first kappa shape index (κ1) is 20.9. The van der Waals surface area contributed by atoms with E-state index in [1.165, 1.54) is 21.6 Å². The van der Waals surface area contributed by atoms with Gasteiger partial charge in [0, 0.05) is 31.1 Å². The molecule has 1 fully saturated rings. The number of hydrogen-bond donors (Lipinski definition) is 1. The van der Waals surface area contributed by atoms with E-state index in [1.807, 2.05) is 11.3 Å². The van der Waals surface area contributed by atoms with Crippen molar-refractivity contribution in [2.75, 3.05) is 26.2 Å². The van der Waals surface area contributed by atoms with Gasteiger partial charge in [-0.25, -0.2) is 0 Å². The highest BCUT2D eigenvalue weighted by Gasteiger charge is 2.24. The SMILES string of the molecule is Cl.Cl.c1ccc(-c2ccc([C@@H](c3cccs3)N3CCNCC3)cc2)cc1. The summed E-state index contributed by atoms with van der Waals surface area (Å²) in [5, 5.41) is 5.64. The van der Waals surface area contributed by atoms with E-state index in [2.05, 4.69) is 82.3 Å². The zero-order valence-corrected chi connectivity index (χ0v) is 17.0. The first-order valence-electron chi connectivity index (χ1n) is 8.55. The summed E-state index contributed by atoms with van der Waals surface area (Å²) in [5.74, 6) is 0. The Kier molecular flexibility index (Phi) is 8.14. The van der Waals surface area contributed by atoms with Crippen LogP contribution in [0.1, 0.15) is 16.5 Å². The number of thiophene rings is 1. The second-order valence-electron chi connectivity index (χ2n) is 6.19. The Bertz CT molecular complexity index is 754. The van der Waals surface area contributed by atoms with Crippen LogP contribution in [0.25, 0.3) is 11.1 Å². The predicted octanol–water partition coefficient (Wildman–Crippen LogP) is 5.25. The van der Waals surface area contributed by atoms with Crippen LogP contribution in [0.15, 0.2) is 72.1 Å². The highest BCUT2D eigenvalue weighted by atomic mass is 35.5. The highest BCUT2D eigenvalue weighted by molar-refractivity contribution is 7.10. The van der Waals surface area contributed by atoms with Gasteiger partial charge in [-0.15, -0.1) is 36.2 Å². The third-order valence-corrected chi connectivity index (χ3v) is 5.59. The lowest BCUT2D eigenvalue weighted by atomic mass is 9.98. The Morgan fingerprint density at radius 1 is 0.769 bits per heavy atom. The maximum atomic E-state index is 3.46. The van der Waals surface area contributed by atoms with Gasteiger partial charge >= 0.3 is 0 Å².